The van der Waals surface area contributed by atoms with E-state index in [-0.39, 0.29) is 26.1 Å². The first-order chi connectivity index (χ1) is 29.4. The normalized spacial score (nSPS) is 12.1. The second kappa shape index (κ2) is 20.8. The zero-order valence-corrected chi connectivity index (χ0v) is 34.9. The molecular formula is C49H48ClN3O8. The number of carbonyl (C=O) groups is 2. The molecule has 6 aromatic rings. The monoisotopic (exact) mass is 841 g/mol. The van der Waals surface area contributed by atoms with Gasteiger partial charge in [-0.25, -0.2) is 0 Å². The standard InChI is InChI=1S/C49H48ClN3O8/c1-30-37(29-61-47-24-46(60-28-33-19-32(25-51)26-52-27-33)36(20-44(47)50)8-4-11-39(55)23-49(58)59)9-5-13-41(30)42-14-6-12-40(31(42)2)35-15-16-43-34(17-18-53-45(43)21-35)7-3-10-38(54)22-48(56)57/h5-6,9,12-21,24,26-27,38-39,54-55H,3-4,7-8,10-11,22-23,28-29H2,1-2H3,(H,56,57)(H,58,59)/t38-,39-/m1/s1. The average Bonchev–Trinajstić information content (AvgIpc) is 3.23. The Morgan fingerprint density at radius 2 is 1.39 bits per heavy atom. The summed E-state index contributed by atoms with van der Waals surface area (Å²) in [4.78, 5) is 30.8. The highest BCUT2D eigenvalue weighted by molar-refractivity contribution is 6.32. The van der Waals surface area contributed by atoms with Gasteiger partial charge in [0.15, 0.2) is 0 Å². The highest BCUT2D eigenvalue weighted by Gasteiger charge is 2.17. The largest absolute Gasteiger partial charge is 0.488 e. The number of ether oxygens (including phenoxy) is 2. The maximum Gasteiger partial charge on any atom is 0.305 e. The van der Waals surface area contributed by atoms with Crippen LogP contribution in [0.1, 0.15) is 77.5 Å². The first-order valence-electron chi connectivity index (χ1n) is 20.2. The van der Waals surface area contributed by atoms with Gasteiger partial charge < -0.3 is 29.9 Å². The second-order valence-electron chi connectivity index (χ2n) is 15.2. The maximum atomic E-state index is 11.0. The zero-order chi connectivity index (χ0) is 43.5. The first-order valence-corrected chi connectivity index (χ1v) is 20.6. The van der Waals surface area contributed by atoms with Crippen molar-refractivity contribution >= 4 is 34.4 Å². The predicted molar refractivity (Wildman–Crippen MR) is 234 cm³/mol. The Labute approximate surface area is 359 Å². The van der Waals surface area contributed by atoms with Crippen molar-refractivity contribution in [1.82, 2.24) is 9.97 Å². The van der Waals surface area contributed by atoms with Crippen molar-refractivity contribution in [1.29, 1.82) is 5.26 Å². The molecule has 0 radical (unpaired) electrons. The van der Waals surface area contributed by atoms with Gasteiger partial charge in [0.1, 0.15) is 30.8 Å². The van der Waals surface area contributed by atoms with Crippen LogP contribution in [0, 0.1) is 25.2 Å². The molecule has 4 aromatic carbocycles. The smallest absolute Gasteiger partial charge is 0.305 e. The lowest BCUT2D eigenvalue weighted by atomic mass is 9.89. The van der Waals surface area contributed by atoms with E-state index < -0.39 is 24.1 Å². The number of hydrogen-bond acceptors (Lipinski definition) is 9. The minimum Gasteiger partial charge on any atom is -0.488 e. The van der Waals surface area contributed by atoms with Crippen LogP contribution in [-0.2, 0) is 35.6 Å². The van der Waals surface area contributed by atoms with Gasteiger partial charge in [-0.05, 0) is 127 Å². The van der Waals surface area contributed by atoms with E-state index in [2.05, 4.69) is 72.3 Å². The molecular weight excluding hydrogens is 794 g/mol. The third-order valence-electron chi connectivity index (χ3n) is 10.8. The number of aliphatic hydroxyl groups is 2. The summed E-state index contributed by atoms with van der Waals surface area (Å²) in [5, 5.41) is 48.9. The molecule has 4 N–H and O–H groups in total. The number of hydrogen-bond donors (Lipinski definition) is 4. The Kier molecular flexibility index (Phi) is 15.1. The number of pyridine rings is 2. The summed E-state index contributed by atoms with van der Waals surface area (Å²) >= 11 is 6.81. The fraction of sp³-hybridized carbons (Fsp3) is 0.286. The molecule has 61 heavy (non-hydrogen) atoms. The Morgan fingerprint density at radius 1 is 0.738 bits per heavy atom. The van der Waals surface area contributed by atoms with Gasteiger partial charge in [-0.1, -0.05) is 60.1 Å². The summed E-state index contributed by atoms with van der Waals surface area (Å²) in [5.41, 5.74) is 11.2. The molecule has 6 rings (SSSR count). The van der Waals surface area contributed by atoms with Crippen molar-refractivity contribution < 1.29 is 39.5 Å². The van der Waals surface area contributed by atoms with Crippen molar-refractivity contribution in [2.75, 3.05) is 0 Å². The molecule has 2 atom stereocenters. The number of nitrogens with zero attached hydrogens (tertiary/aromatic N) is 3. The Bertz CT molecular complexity index is 2570. The molecule has 12 heteroatoms. The van der Waals surface area contributed by atoms with E-state index in [1.807, 2.05) is 18.2 Å². The van der Waals surface area contributed by atoms with E-state index in [4.69, 9.17) is 31.3 Å². The van der Waals surface area contributed by atoms with Crippen molar-refractivity contribution in [3.05, 3.63) is 141 Å². The summed E-state index contributed by atoms with van der Waals surface area (Å²) in [7, 11) is 0. The molecule has 2 heterocycles. The third kappa shape index (κ3) is 11.7. The number of carboxylic acid groups (broad SMARTS) is 2. The zero-order valence-electron chi connectivity index (χ0n) is 34.1. The van der Waals surface area contributed by atoms with Gasteiger partial charge in [-0.15, -0.1) is 0 Å². The quantitative estimate of drug-likeness (QED) is 0.0574. The molecule has 314 valence electrons. The number of carboxylic acids is 2. The lowest BCUT2D eigenvalue weighted by Crippen LogP contribution is -2.13. The lowest BCUT2D eigenvalue weighted by Gasteiger charge is -2.18. The minimum atomic E-state index is -1.06. The van der Waals surface area contributed by atoms with Gasteiger partial charge in [-0.3, -0.25) is 19.6 Å². The highest BCUT2D eigenvalue weighted by Crippen LogP contribution is 2.38. The molecule has 0 fully saturated rings. The van der Waals surface area contributed by atoms with E-state index in [1.54, 1.807) is 30.6 Å². The highest BCUT2D eigenvalue weighted by atomic mass is 35.5. The van der Waals surface area contributed by atoms with Crippen LogP contribution in [0.15, 0.2) is 97.5 Å². The number of aryl methyl sites for hydroxylation is 2. The van der Waals surface area contributed by atoms with Gasteiger partial charge in [0, 0.05) is 35.6 Å². The van der Waals surface area contributed by atoms with Gasteiger partial charge in [0.25, 0.3) is 0 Å². The van der Waals surface area contributed by atoms with E-state index in [0.717, 1.165) is 61.0 Å². The summed E-state index contributed by atoms with van der Waals surface area (Å²) in [5.74, 6) is -1.13. The third-order valence-corrected chi connectivity index (χ3v) is 11.1. The molecule has 0 bridgehead atoms. The molecule has 0 aliphatic carbocycles. The van der Waals surface area contributed by atoms with Crippen molar-refractivity contribution in [2.24, 2.45) is 0 Å². The molecule has 0 spiro atoms. The van der Waals surface area contributed by atoms with Crippen LogP contribution >= 0.6 is 11.6 Å². The molecule has 2 aromatic heterocycles. The molecule has 0 saturated carbocycles. The summed E-state index contributed by atoms with van der Waals surface area (Å²) < 4.78 is 12.6. The van der Waals surface area contributed by atoms with Crippen LogP contribution in [0.4, 0.5) is 0 Å². The van der Waals surface area contributed by atoms with Gasteiger partial charge in [-0.2, -0.15) is 5.26 Å². The number of halogens is 1. The number of fused-ring (bicyclic) bond motifs is 1. The Hall–Kier alpha value is -6.32. The Balaban J connectivity index is 1.20. The van der Waals surface area contributed by atoms with E-state index >= 15 is 0 Å². The number of nitriles is 1. The van der Waals surface area contributed by atoms with Crippen LogP contribution in [0.5, 0.6) is 11.5 Å². The SMILES string of the molecule is Cc1c(COc2cc(OCc3cncc(C#N)c3)c(CCC[C@@H](O)CC(=O)O)cc2Cl)cccc1-c1cccc(-c2ccc3c(CCC[C@@H](O)CC(=O)O)ccnc3c2)c1C. The predicted octanol–water partition coefficient (Wildman–Crippen LogP) is 9.58. The molecule has 0 aliphatic heterocycles. The lowest BCUT2D eigenvalue weighted by molar-refractivity contribution is -0.140. The number of aliphatic carboxylic acids is 2. The number of rotatable bonds is 20. The molecule has 0 aliphatic rings. The van der Waals surface area contributed by atoms with Crippen LogP contribution in [0.3, 0.4) is 0 Å². The van der Waals surface area contributed by atoms with Crippen LogP contribution in [-0.4, -0.2) is 54.5 Å². The van der Waals surface area contributed by atoms with Gasteiger partial charge >= 0.3 is 11.9 Å². The topological polar surface area (TPSA) is 183 Å². The van der Waals surface area contributed by atoms with Crippen LogP contribution in [0.25, 0.3) is 33.2 Å². The second-order valence-corrected chi connectivity index (χ2v) is 15.6. The molecule has 0 amide bonds. The molecule has 0 saturated heterocycles. The number of benzene rings is 4. The minimum absolute atomic E-state index is 0.137. The van der Waals surface area contributed by atoms with Crippen molar-refractivity contribution in [3.8, 4) is 39.8 Å². The van der Waals surface area contributed by atoms with Crippen molar-refractivity contribution in [2.45, 2.75) is 90.6 Å². The Morgan fingerprint density at radius 3 is 2.10 bits per heavy atom. The summed E-state index contributed by atoms with van der Waals surface area (Å²) in [6.45, 7) is 4.55. The van der Waals surface area contributed by atoms with Crippen LogP contribution in [0.2, 0.25) is 5.02 Å². The van der Waals surface area contributed by atoms with Crippen LogP contribution < -0.4 is 9.47 Å². The fourth-order valence-corrected chi connectivity index (χ4v) is 7.83. The number of aromatic nitrogens is 2. The van der Waals surface area contributed by atoms with Gasteiger partial charge in [0.2, 0.25) is 0 Å². The summed E-state index contributed by atoms with van der Waals surface area (Å²) in [6, 6.07) is 28.0. The maximum absolute atomic E-state index is 11.0. The first kappa shape index (κ1) is 44.2. The van der Waals surface area contributed by atoms with E-state index in [1.165, 1.54) is 6.20 Å². The van der Waals surface area contributed by atoms with Crippen molar-refractivity contribution in [3.63, 3.8) is 0 Å². The molecule has 11 nitrogen and oxygen atoms in total. The summed E-state index contributed by atoms with van der Waals surface area (Å²) in [6.07, 6.45) is 5.54. The van der Waals surface area contributed by atoms with E-state index in [9.17, 15) is 25.1 Å². The van der Waals surface area contributed by atoms with E-state index in [0.29, 0.717) is 66.2 Å². The number of aliphatic hydroxyl groups excluding tert-OH is 2. The fourth-order valence-electron chi connectivity index (χ4n) is 7.59. The molecule has 0 unspecified atom stereocenters. The van der Waals surface area contributed by atoms with Gasteiger partial charge in [0.05, 0.1) is 41.2 Å². The average molecular weight is 842 g/mol.